The highest BCUT2D eigenvalue weighted by atomic mass is 32.2. The van der Waals surface area contributed by atoms with E-state index in [0.717, 1.165) is 33.4 Å². The molecule has 0 radical (unpaired) electrons. The van der Waals surface area contributed by atoms with Gasteiger partial charge in [-0.15, -0.1) is 28.8 Å². The number of hydrogen-bond donors (Lipinski definition) is 4. The lowest BCUT2D eigenvalue weighted by molar-refractivity contribution is -0.0330. The van der Waals surface area contributed by atoms with Crippen LogP contribution in [0.3, 0.4) is 0 Å². The van der Waals surface area contributed by atoms with E-state index in [1.54, 1.807) is 72.8 Å². The van der Waals surface area contributed by atoms with Crippen LogP contribution in [0.4, 0.5) is 0 Å². The summed E-state index contributed by atoms with van der Waals surface area (Å²) in [5.41, 5.74) is 5.62. The third-order valence-corrected chi connectivity index (χ3v) is 24.6. The third-order valence-electron chi connectivity index (χ3n) is 22.5. The summed E-state index contributed by atoms with van der Waals surface area (Å²) >= 11 is 0. The van der Waals surface area contributed by atoms with Crippen LogP contribution in [-0.2, 0) is 54.5 Å². The molecule has 12 aromatic rings. The molecule has 0 unspecified atom stereocenters. The Hall–Kier alpha value is -16.1. The Morgan fingerprint density at radius 1 is 0.241 bits per heavy atom. The van der Waals surface area contributed by atoms with Crippen molar-refractivity contribution in [3.05, 3.63) is 355 Å². The van der Waals surface area contributed by atoms with Crippen molar-refractivity contribution in [3.8, 4) is 69.0 Å². The van der Waals surface area contributed by atoms with E-state index in [-0.39, 0.29) is 109 Å². The second-order valence-electron chi connectivity index (χ2n) is 32.0. The molecule has 0 aliphatic carbocycles. The van der Waals surface area contributed by atoms with Gasteiger partial charge >= 0.3 is 23.9 Å². The first-order valence-corrected chi connectivity index (χ1v) is 43.5. The number of imide groups is 4. The van der Waals surface area contributed by atoms with Gasteiger partial charge in [-0.2, -0.15) is 16.8 Å². The van der Waals surface area contributed by atoms with E-state index in [9.17, 15) is 84.8 Å². The number of cyclic esters (lactones) is 4. The van der Waals surface area contributed by atoms with Crippen LogP contribution in [0.2, 0.25) is 0 Å². The van der Waals surface area contributed by atoms with Gasteiger partial charge in [0.15, 0.2) is 0 Å². The second-order valence-corrected chi connectivity index (χ2v) is 35.4. The summed E-state index contributed by atoms with van der Waals surface area (Å²) in [7, 11) is -8.74. The molecular weight excluding hydrogens is 1770 g/mol. The second kappa shape index (κ2) is 35.4. The lowest BCUT2D eigenvalue weighted by Gasteiger charge is -2.26. The maximum atomic E-state index is 12.8. The maximum Gasteiger partial charge on any atom is 0.347 e. The summed E-state index contributed by atoms with van der Waals surface area (Å²) in [6.07, 6.45) is 0. The molecule has 4 N–H and O–H groups in total. The van der Waals surface area contributed by atoms with Crippen molar-refractivity contribution in [2.24, 2.45) is 0 Å². The van der Waals surface area contributed by atoms with Crippen LogP contribution >= 0.6 is 0 Å². The molecule has 0 aromatic heterocycles. The molecule has 6 aliphatic rings. The van der Waals surface area contributed by atoms with Gasteiger partial charge in [-0.1, -0.05) is 114 Å². The zero-order valence-corrected chi connectivity index (χ0v) is 72.2. The number of aliphatic hydroxyl groups is 2. The first-order chi connectivity index (χ1) is 63.3. The smallest absolute Gasteiger partial charge is 0.347 e. The highest BCUT2D eigenvalue weighted by molar-refractivity contribution is 7.87. The molecule has 8 amide bonds. The summed E-state index contributed by atoms with van der Waals surface area (Å²) in [5.74, 6) is -6.22. The number of carbonyl (C=O) groups is 12. The highest BCUT2D eigenvalue weighted by Gasteiger charge is 2.44. The van der Waals surface area contributed by atoms with Gasteiger partial charge in [0, 0.05) is 16.2 Å². The number of esters is 4. The van der Waals surface area contributed by atoms with Gasteiger partial charge < -0.3 is 48.1 Å². The third kappa shape index (κ3) is 18.2. The summed E-state index contributed by atoms with van der Waals surface area (Å²) in [5, 5.41) is 37.4. The van der Waals surface area contributed by atoms with Crippen LogP contribution in [0, 0.1) is 0 Å². The number of hydrogen-bond acceptors (Lipinski definition) is 30. The van der Waals surface area contributed by atoms with Gasteiger partial charge in [0.1, 0.15) is 80.5 Å². The van der Waals surface area contributed by atoms with Crippen molar-refractivity contribution in [2.45, 2.75) is 57.8 Å². The number of hydroxylamine groups is 8. The molecule has 0 bridgehead atoms. The Balaban J connectivity index is 0.000000147. The Morgan fingerprint density at radius 3 is 0.639 bits per heavy atom. The van der Waals surface area contributed by atoms with E-state index in [4.69, 9.17) is 38.6 Å². The average Bonchev–Trinajstić information content (AvgIpc) is 1.61. The molecule has 0 saturated heterocycles. The molecule has 0 atom stereocenters. The van der Waals surface area contributed by atoms with Gasteiger partial charge in [-0.05, 0) is 215 Å². The Morgan fingerprint density at radius 2 is 0.414 bits per heavy atom. The van der Waals surface area contributed by atoms with E-state index in [2.05, 4.69) is 45.7 Å². The van der Waals surface area contributed by atoms with E-state index in [1.807, 2.05) is 111 Å². The van der Waals surface area contributed by atoms with Crippen LogP contribution in [0.15, 0.2) is 255 Å². The van der Waals surface area contributed by atoms with Gasteiger partial charge in [-0.25, -0.2) is 19.2 Å². The first kappa shape index (κ1) is 90.3. The Bertz CT molecular complexity index is 6720. The summed E-state index contributed by atoms with van der Waals surface area (Å²) in [6.45, 7) is 10.9. The zero-order chi connectivity index (χ0) is 94.7. The largest absolute Gasteiger partial charge is 0.457 e. The number of amides is 8. The maximum absolute atomic E-state index is 12.8. The van der Waals surface area contributed by atoms with Gasteiger partial charge in [0.25, 0.3) is 67.5 Å². The minimum absolute atomic E-state index is 0.0684. The topological polar surface area (TPSA) is 459 Å². The Kier molecular flexibility index (Phi) is 24.1. The molecule has 0 spiro atoms. The number of nitrogens with zero attached hydrogens (tertiary/aromatic N) is 4. The predicted molar refractivity (Wildman–Crippen MR) is 463 cm³/mol. The van der Waals surface area contributed by atoms with Crippen LogP contribution in [0.25, 0.3) is 0 Å². The quantitative estimate of drug-likeness (QED) is 0.0169. The predicted octanol–water partition coefficient (Wildman–Crippen LogP) is 15.1. The molecule has 0 saturated carbocycles. The van der Waals surface area contributed by atoms with Crippen molar-refractivity contribution < 1.29 is 141 Å². The fraction of sp³-hybridized carbons (Fsp3) is 0.134. The Labute approximate surface area is 755 Å². The number of aliphatic hydroxyl groups excluding tert-OH is 2. The van der Waals surface area contributed by atoms with Crippen molar-refractivity contribution in [2.75, 3.05) is 24.7 Å². The molecule has 34 nitrogen and oxygen atoms in total. The van der Waals surface area contributed by atoms with E-state index < -0.39 is 122 Å². The summed E-state index contributed by atoms with van der Waals surface area (Å²) in [6, 6.07) is 70.8. The van der Waals surface area contributed by atoms with E-state index in [1.165, 1.54) is 84.9 Å². The van der Waals surface area contributed by atoms with Crippen molar-refractivity contribution in [1.29, 1.82) is 0 Å². The summed E-state index contributed by atoms with van der Waals surface area (Å²) < 4.78 is 101. The highest BCUT2D eigenvalue weighted by Crippen LogP contribution is 2.43. The van der Waals surface area contributed by atoms with Crippen molar-refractivity contribution >= 4 is 91.4 Å². The van der Waals surface area contributed by atoms with E-state index in [0.29, 0.717) is 57.5 Å². The first-order valence-electron chi connectivity index (χ1n) is 40.3. The molecule has 133 heavy (non-hydrogen) atoms. The number of rotatable bonds is 26. The molecule has 6 heterocycles. The SMILES string of the molecule is CC(C)(c1ccc(Oc2ccc3c(c2)C(=O)N(O)C3=O)cc1)c1ccc(Oc2ccc3c(c2)C(=O)N(O)C3=O)cc1.CC(C)(c1ccc(Oc2ccc3c(c2)C(=O)N(OS(=O)(=O)CCO)C3=O)cc1)c1ccc(Oc2ccc3c(c2)C(=O)N(OS(=O)(=O)CCO)C3=O)cc1.CC(C)(c1ccc(Oc2ccc3c(c2)C(=O)OC3=O)cc1)c1ccc(Oc2ccc3c(c2)C(=O)OC3=O)cc1. The fourth-order valence-electron chi connectivity index (χ4n) is 14.9. The zero-order valence-electron chi connectivity index (χ0n) is 70.6. The molecule has 36 heteroatoms. The van der Waals surface area contributed by atoms with Gasteiger partial charge in [-0.3, -0.25) is 48.8 Å². The fourth-order valence-corrected chi connectivity index (χ4v) is 16.3. The van der Waals surface area contributed by atoms with Gasteiger partial charge in [0.2, 0.25) is 0 Å². The average molecular weight is 1840 g/mol. The number of ether oxygens (including phenoxy) is 8. The minimum atomic E-state index is -4.37. The molecule has 6 aliphatic heterocycles. The lowest BCUT2D eigenvalue weighted by Crippen LogP contribution is -2.34. The number of carbonyl (C=O) groups excluding carboxylic acids is 12. The standard InChI is InChI=1S/C35H30N2O14S2.C31H22N2O8.C31H20O8/c1-35(2,21-3-7-23(8-4-21)48-25-11-13-27-29(19-25)33(42)36(31(27)40)50-52(44,45)17-15-38)22-5-9-24(10-6-22)49-26-12-14-28-30(20-26)34(43)37(32(28)41)51-53(46,47)18-16-39;1-31(2,17-3-7-19(8-4-17)40-21-11-13-23-25(15-21)29(36)32(38)27(23)34)18-5-9-20(10-6-18)41-22-12-14-24-26(16-22)30(37)33(39)28(24)35;1-31(2,17-3-7-19(8-4-17)36-21-11-13-23-25(15-21)29(34)38-27(23)32)18-5-9-20(10-6-18)37-22-12-14-24-26(16-22)30(35)39-28(24)33/h3-14,19-20,38-39H,15-18H2,1-2H3;3-16,38-39H,1-2H3;3-16H,1-2H3. The van der Waals surface area contributed by atoms with Crippen LogP contribution < -0.4 is 28.4 Å². The number of fused-ring (bicyclic) bond motifs is 6. The normalized spacial score (nSPS) is 14.3. The lowest BCUT2D eigenvalue weighted by atomic mass is 9.78. The minimum Gasteiger partial charge on any atom is -0.457 e. The van der Waals surface area contributed by atoms with E-state index >= 15 is 0 Å². The molecule has 18 rings (SSSR count). The monoisotopic (exact) mass is 1840 g/mol. The van der Waals surface area contributed by atoms with Crippen LogP contribution in [0.1, 0.15) is 199 Å². The van der Waals surface area contributed by atoms with Crippen LogP contribution in [0.5, 0.6) is 69.0 Å². The van der Waals surface area contributed by atoms with Crippen LogP contribution in [-0.4, -0.2) is 154 Å². The molecular formula is C97H72N4O30S2. The van der Waals surface area contributed by atoms with Crippen molar-refractivity contribution in [1.82, 2.24) is 20.3 Å². The van der Waals surface area contributed by atoms with Crippen molar-refractivity contribution in [3.63, 3.8) is 0 Å². The molecule has 0 fully saturated rings. The molecule has 672 valence electrons. The van der Waals surface area contributed by atoms with Gasteiger partial charge in [0.05, 0.1) is 80.0 Å². The number of benzene rings is 12. The summed E-state index contributed by atoms with van der Waals surface area (Å²) in [4.78, 5) is 145. The molecule has 12 aromatic carbocycles.